The summed E-state index contributed by atoms with van der Waals surface area (Å²) in [5, 5.41) is 0. The minimum absolute atomic E-state index is 0.756. The maximum atomic E-state index is 3.29. The van der Waals surface area contributed by atoms with Crippen LogP contribution < -0.4 is 0 Å². The van der Waals surface area contributed by atoms with Crippen molar-refractivity contribution in [3.05, 3.63) is 47.5 Å². The molecule has 0 radical (unpaired) electrons. The van der Waals surface area contributed by atoms with Crippen molar-refractivity contribution in [2.75, 3.05) is 0 Å². The number of benzene rings is 1. The summed E-state index contributed by atoms with van der Waals surface area (Å²) < 4.78 is 0. The van der Waals surface area contributed by atoms with Crippen molar-refractivity contribution in [2.45, 2.75) is 104 Å². The van der Waals surface area contributed by atoms with Crippen molar-refractivity contribution in [1.29, 1.82) is 0 Å². The van der Waals surface area contributed by atoms with Crippen LogP contribution in [0, 0.1) is 35.5 Å². The highest BCUT2D eigenvalue weighted by Crippen LogP contribution is 2.37. The Morgan fingerprint density at radius 3 is 1.87 bits per heavy atom. The summed E-state index contributed by atoms with van der Waals surface area (Å²) >= 11 is 0. The fraction of sp³-hybridized carbons (Fsp3) is 0.667. The third kappa shape index (κ3) is 7.98. The molecule has 0 N–H and O–H groups in total. The molecule has 164 valence electrons. The van der Waals surface area contributed by atoms with Crippen LogP contribution in [0.5, 0.6) is 0 Å². The highest BCUT2D eigenvalue weighted by Gasteiger charge is 2.23. The van der Waals surface area contributed by atoms with Gasteiger partial charge < -0.3 is 0 Å². The van der Waals surface area contributed by atoms with Crippen LogP contribution in [0.1, 0.15) is 108 Å². The summed E-state index contributed by atoms with van der Waals surface area (Å²) in [5.41, 5.74) is 2.55. The number of rotatable bonds is 8. The van der Waals surface area contributed by atoms with Crippen molar-refractivity contribution in [3.8, 4) is 11.8 Å². The maximum Gasteiger partial charge on any atom is 0.0249 e. The fourth-order valence-corrected chi connectivity index (χ4v) is 5.71. The van der Waals surface area contributed by atoms with Gasteiger partial charge in [0.25, 0.3) is 0 Å². The average Bonchev–Trinajstić information content (AvgIpc) is 2.78. The molecule has 0 unspecified atom stereocenters. The molecule has 0 heterocycles. The average molecular weight is 405 g/mol. The van der Waals surface area contributed by atoms with E-state index in [0.717, 1.165) is 35.7 Å². The normalized spacial score (nSPS) is 27.0. The second-order valence-electron chi connectivity index (χ2n) is 10.1. The van der Waals surface area contributed by atoms with E-state index in [9.17, 15) is 0 Å². The molecule has 0 aliphatic heterocycles. The number of allylic oxidation sites excluding steroid dienone is 2. The zero-order valence-corrected chi connectivity index (χ0v) is 19.7. The molecule has 0 amide bonds. The Hall–Kier alpha value is -1.48. The van der Waals surface area contributed by atoms with Crippen LogP contribution in [-0.2, 0) is 6.42 Å². The lowest BCUT2D eigenvalue weighted by Crippen LogP contribution is -2.17. The van der Waals surface area contributed by atoms with Crippen molar-refractivity contribution in [2.24, 2.45) is 23.7 Å². The molecule has 0 nitrogen and oxygen atoms in total. The molecule has 1 aromatic carbocycles. The third-order valence-corrected chi connectivity index (χ3v) is 7.70. The molecule has 0 spiro atoms. The molecular weight excluding hydrogens is 360 g/mol. The predicted molar refractivity (Wildman–Crippen MR) is 131 cm³/mol. The SMILES string of the molecule is CCCc1ccc(C#CC=CC2CCC(CCC3CCC(CCC)CC3)CC2)cc1. The van der Waals surface area contributed by atoms with Gasteiger partial charge in [0.15, 0.2) is 0 Å². The predicted octanol–water partition coefficient (Wildman–Crippen LogP) is 8.74. The smallest absolute Gasteiger partial charge is 0.0249 e. The van der Waals surface area contributed by atoms with Gasteiger partial charge in [-0.3, -0.25) is 0 Å². The second kappa shape index (κ2) is 13.0. The van der Waals surface area contributed by atoms with E-state index < -0.39 is 0 Å². The van der Waals surface area contributed by atoms with Gasteiger partial charge >= 0.3 is 0 Å². The van der Waals surface area contributed by atoms with E-state index in [1.54, 1.807) is 0 Å². The van der Waals surface area contributed by atoms with Gasteiger partial charge in [0.05, 0.1) is 0 Å². The molecule has 2 fully saturated rings. The van der Waals surface area contributed by atoms with Crippen LogP contribution in [0.3, 0.4) is 0 Å². The largest absolute Gasteiger partial charge is 0.0730 e. The molecule has 0 saturated heterocycles. The molecule has 30 heavy (non-hydrogen) atoms. The van der Waals surface area contributed by atoms with E-state index in [4.69, 9.17) is 0 Å². The lowest BCUT2D eigenvalue weighted by molar-refractivity contribution is 0.221. The minimum Gasteiger partial charge on any atom is -0.0730 e. The first-order valence-corrected chi connectivity index (χ1v) is 13.0. The highest BCUT2D eigenvalue weighted by atomic mass is 14.3. The molecule has 0 aromatic heterocycles. The minimum atomic E-state index is 0.756. The monoisotopic (exact) mass is 404 g/mol. The first kappa shape index (κ1) is 23.2. The summed E-state index contributed by atoms with van der Waals surface area (Å²) in [6.45, 7) is 4.57. The first-order valence-electron chi connectivity index (χ1n) is 13.0. The quantitative estimate of drug-likeness (QED) is 0.380. The van der Waals surface area contributed by atoms with Gasteiger partial charge in [-0.05, 0) is 79.5 Å². The van der Waals surface area contributed by atoms with E-state index in [-0.39, 0.29) is 0 Å². The van der Waals surface area contributed by atoms with E-state index in [1.807, 2.05) is 0 Å². The van der Waals surface area contributed by atoms with Crippen molar-refractivity contribution >= 4 is 0 Å². The van der Waals surface area contributed by atoms with Crippen LogP contribution >= 0.6 is 0 Å². The summed E-state index contributed by atoms with van der Waals surface area (Å²) in [4.78, 5) is 0. The summed E-state index contributed by atoms with van der Waals surface area (Å²) in [7, 11) is 0. The maximum absolute atomic E-state index is 3.29. The lowest BCUT2D eigenvalue weighted by atomic mass is 9.75. The van der Waals surface area contributed by atoms with E-state index >= 15 is 0 Å². The van der Waals surface area contributed by atoms with Crippen molar-refractivity contribution in [3.63, 3.8) is 0 Å². The van der Waals surface area contributed by atoms with Crippen LogP contribution in [0.2, 0.25) is 0 Å². The Bertz CT molecular complexity index is 667. The van der Waals surface area contributed by atoms with Crippen molar-refractivity contribution in [1.82, 2.24) is 0 Å². The van der Waals surface area contributed by atoms with E-state index in [2.05, 4.69) is 62.1 Å². The van der Waals surface area contributed by atoms with Gasteiger partial charge in [-0.1, -0.05) is 102 Å². The van der Waals surface area contributed by atoms with Gasteiger partial charge in [-0.15, -0.1) is 0 Å². The van der Waals surface area contributed by atoms with Crippen LogP contribution in [0.15, 0.2) is 36.4 Å². The Balaban J connectivity index is 1.31. The van der Waals surface area contributed by atoms with Gasteiger partial charge in [-0.25, -0.2) is 0 Å². The first-order chi connectivity index (χ1) is 14.8. The molecule has 2 saturated carbocycles. The Morgan fingerprint density at radius 1 is 0.733 bits per heavy atom. The molecular formula is C30H44. The summed E-state index contributed by atoms with van der Waals surface area (Å²) in [6.07, 6.45) is 24.4. The van der Waals surface area contributed by atoms with Crippen molar-refractivity contribution < 1.29 is 0 Å². The van der Waals surface area contributed by atoms with Gasteiger partial charge in [-0.2, -0.15) is 0 Å². The fourth-order valence-electron chi connectivity index (χ4n) is 5.71. The van der Waals surface area contributed by atoms with Crippen LogP contribution in [-0.4, -0.2) is 0 Å². The Morgan fingerprint density at radius 2 is 1.30 bits per heavy atom. The number of aryl methyl sites for hydroxylation is 1. The van der Waals surface area contributed by atoms with Gasteiger partial charge in [0.1, 0.15) is 0 Å². The molecule has 0 bridgehead atoms. The number of hydrogen-bond donors (Lipinski definition) is 0. The Labute approximate surface area is 186 Å². The zero-order valence-electron chi connectivity index (χ0n) is 19.7. The van der Waals surface area contributed by atoms with Gasteiger partial charge in [0.2, 0.25) is 0 Å². The molecule has 1 aromatic rings. The van der Waals surface area contributed by atoms with E-state index in [0.29, 0.717) is 0 Å². The van der Waals surface area contributed by atoms with Gasteiger partial charge in [0, 0.05) is 5.56 Å². The number of hydrogen-bond acceptors (Lipinski definition) is 0. The highest BCUT2D eigenvalue weighted by molar-refractivity contribution is 5.38. The lowest BCUT2D eigenvalue weighted by Gasteiger charge is -2.31. The topological polar surface area (TPSA) is 0 Å². The molecule has 3 rings (SSSR count). The standard InChI is InChI=1S/C30H44/c1-3-7-25-11-15-27(16-12-25)9-5-6-10-28-17-21-30(22-18-28)24-23-29-19-13-26(8-4-2)14-20-29/h6,10-12,15-16,26,28-30H,3-4,7-8,13-14,17-24H2,1-2H3. The molecule has 0 heteroatoms. The third-order valence-electron chi connectivity index (χ3n) is 7.70. The van der Waals surface area contributed by atoms with Crippen LogP contribution in [0.25, 0.3) is 0 Å². The molecule has 2 aliphatic rings. The summed E-state index contributed by atoms with van der Waals surface area (Å²) in [6, 6.07) is 8.76. The van der Waals surface area contributed by atoms with Crippen LogP contribution in [0.4, 0.5) is 0 Å². The Kier molecular flexibility index (Phi) is 10.1. The second-order valence-corrected chi connectivity index (χ2v) is 10.1. The zero-order chi connectivity index (χ0) is 21.0. The molecule has 0 atom stereocenters. The van der Waals surface area contributed by atoms with E-state index in [1.165, 1.54) is 89.0 Å². The molecule has 2 aliphatic carbocycles. The summed E-state index contributed by atoms with van der Waals surface area (Å²) in [5.74, 6) is 10.4.